The number of nitrogens with one attached hydrogen (secondary N) is 1. The van der Waals surface area contributed by atoms with Gasteiger partial charge >= 0.3 is 0 Å². The molecule has 1 N–H and O–H groups in total. The van der Waals surface area contributed by atoms with Gasteiger partial charge in [-0.1, -0.05) is 18.2 Å². The van der Waals surface area contributed by atoms with Crippen molar-refractivity contribution in [3.05, 3.63) is 35.6 Å². The first-order valence-electron chi connectivity index (χ1n) is 6.07. The molecule has 1 aliphatic heterocycles. The average Bonchev–Trinajstić information content (AvgIpc) is 2.38. The van der Waals surface area contributed by atoms with Gasteiger partial charge in [0.2, 0.25) is 5.91 Å². The van der Waals surface area contributed by atoms with Crippen molar-refractivity contribution in [2.75, 3.05) is 5.75 Å². The summed E-state index contributed by atoms with van der Waals surface area (Å²) in [5.41, 5.74) is -0.0555. The molecule has 1 atom stereocenters. The van der Waals surface area contributed by atoms with E-state index in [0.29, 0.717) is 5.56 Å². The number of carbonyl (C=O) groups is 1. The van der Waals surface area contributed by atoms with Crippen LogP contribution in [-0.2, 0) is 10.3 Å². The molecule has 1 heterocycles. The molecular formula is C14H18FNOS. The number of benzene rings is 1. The maximum atomic E-state index is 13.9. The monoisotopic (exact) mass is 267 g/mol. The summed E-state index contributed by atoms with van der Waals surface area (Å²) in [6.07, 6.45) is 0.730. The van der Waals surface area contributed by atoms with Gasteiger partial charge < -0.3 is 5.32 Å². The number of halogens is 1. The van der Waals surface area contributed by atoms with E-state index < -0.39 is 10.3 Å². The van der Waals surface area contributed by atoms with E-state index in [0.717, 1.165) is 12.2 Å². The fraction of sp³-hybridized carbons (Fsp3) is 0.500. The molecule has 98 valence electrons. The predicted octanol–water partition coefficient (Wildman–Crippen LogP) is 3.07. The van der Waals surface area contributed by atoms with Crippen molar-refractivity contribution in [3.8, 4) is 0 Å². The molecule has 2 nitrogen and oxygen atoms in total. The molecule has 0 aromatic heterocycles. The van der Waals surface area contributed by atoms with Crippen LogP contribution in [-0.4, -0.2) is 16.4 Å². The summed E-state index contributed by atoms with van der Waals surface area (Å²) in [6, 6.07) is 6.66. The van der Waals surface area contributed by atoms with Crippen molar-refractivity contribution in [3.63, 3.8) is 0 Å². The molecule has 0 saturated carbocycles. The zero-order valence-corrected chi connectivity index (χ0v) is 11.7. The highest BCUT2D eigenvalue weighted by Crippen LogP contribution is 2.36. The molecule has 1 aromatic carbocycles. The molecule has 1 saturated heterocycles. The quantitative estimate of drug-likeness (QED) is 0.847. The Hall–Kier alpha value is -1.03. The minimum Gasteiger partial charge on any atom is -0.346 e. The molecule has 1 aliphatic rings. The first kappa shape index (κ1) is 13.4. The van der Waals surface area contributed by atoms with E-state index in [2.05, 4.69) is 5.32 Å². The summed E-state index contributed by atoms with van der Waals surface area (Å²) < 4.78 is 13.5. The highest BCUT2D eigenvalue weighted by Gasteiger charge is 2.40. The fourth-order valence-corrected chi connectivity index (χ4v) is 3.35. The number of amides is 1. The third-order valence-corrected chi connectivity index (χ3v) is 4.78. The van der Waals surface area contributed by atoms with E-state index in [1.54, 1.807) is 30.0 Å². The van der Waals surface area contributed by atoms with Crippen molar-refractivity contribution in [2.45, 2.75) is 37.5 Å². The lowest BCUT2D eigenvalue weighted by atomic mass is 9.88. The standard InChI is InChI=1S/C14H18FNOS/c1-13(2)12(17)16-14(3,8-9-18-13)10-6-4-5-7-11(10)15/h4-7H,8-9H2,1-3H3,(H,16,17). The van der Waals surface area contributed by atoms with Crippen LogP contribution in [0.4, 0.5) is 4.39 Å². The highest BCUT2D eigenvalue weighted by atomic mass is 32.2. The van der Waals surface area contributed by atoms with Crippen LogP contribution >= 0.6 is 11.8 Å². The lowest BCUT2D eigenvalue weighted by molar-refractivity contribution is -0.124. The number of hydrogen-bond donors (Lipinski definition) is 1. The summed E-state index contributed by atoms with van der Waals surface area (Å²) >= 11 is 1.62. The van der Waals surface area contributed by atoms with Crippen LogP contribution in [0.5, 0.6) is 0 Å². The molecule has 2 rings (SSSR count). The predicted molar refractivity (Wildman–Crippen MR) is 73.0 cm³/mol. The van der Waals surface area contributed by atoms with Crippen LogP contribution in [0.25, 0.3) is 0 Å². The maximum absolute atomic E-state index is 13.9. The van der Waals surface area contributed by atoms with Crippen LogP contribution in [0.1, 0.15) is 32.8 Å². The van der Waals surface area contributed by atoms with Gasteiger partial charge in [-0.25, -0.2) is 4.39 Å². The minimum atomic E-state index is -0.622. The third-order valence-electron chi connectivity index (χ3n) is 3.47. The van der Waals surface area contributed by atoms with Crippen LogP contribution < -0.4 is 5.32 Å². The number of hydrogen-bond acceptors (Lipinski definition) is 2. The van der Waals surface area contributed by atoms with Crippen LogP contribution in [0.15, 0.2) is 24.3 Å². The van der Waals surface area contributed by atoms with E-state index in [4.69, 9.17) is 0 Å². The van der Waals surface area contributed by atoms with Gasteiger partial charge in [0, 0.05) is 5.56 Å². The van der Waals surface area contributed by atoms with E-state index >= 15 is 0 Å². The van der Waals surface area contributed by atoms with Gasteiger partial charge in [0.1, 0.15) is 5.82 Å². The SMILES string of the molecule is CC1(C)SCCC(C)(c2ccccc2F)NC1=O. The summed E-state index contributed by atoms with van der Waals surface area (Å²) in [5.74, 6) is 0.539. The van der Waals surface area contributed by atoms with Crippen LogP contribution in [0.3, 0.4) is 0 Å². The molecule has 1 amide bonds. The summed E-state index contributed by atoms with van der Waals surface area (Å²) in [5, 5.41) is 3.00. The minimum absolute atomic E-state index is 0.0317. The fourth-order valence-electron chi connectivity index (χ4n) is 2.15. The van der Waals surface area contributed by atoms with Crippen LogP contribution in [0, 0.1) is 5.82 Å². The Bertz CT molecular complexity index is 475. The molecule has 0 bridgehead atoms. The Morgan fingerprint density at radius 2 is 1.94 bits per heavy atom. The van der Waals surface area contributed by atoms with E-state index in [1.165, 1.54) is 6.07 Å². The van der Waals surface area contributed by atoms with Crippen molar-refractivity contribution >= 4 is 17.7 Å². The normalized spacial score (nSPS) is 27.4. The number of carbonyl (C=O) groups excluding carboxylic acids is 1. The second-order valence-electron chi connectivity index (χ2n) is 5.37. The smallest absolute Gasteiger partial charge is 0.236 e. The first-order chi connectivity index (χ1) is 8.35. The van der Waals surface area contributed by atoms with Crippen molar-refractivity contribution < 1.29 is 9.18 Å². The largest absolute Gasteiger partial charge is 0.346 e. The average molecular weight is 267 g/mol. The lowest BCUT2D eigenvalue weighted by Crippen LogP contribution is -2.48. The highest BCUT2D eigenvalue weighted by molar-refractivity contribution is 8.01. The molecular weight excluding hydrogens is 249 g/mol. The summed E-state index contributed by atoms with van der Waals surface area (Å²) in [7, 11) is 0. The van der Waals surface area contributed by atoms with Crippen molar-refractivity contribution in [2.24, 2.45) is 0 Å². The van der Waals surface area contributed by atoms with Gasteiger partial charge in [0.25, 0.3) is 0 Å². The van der Waals surface area contributed by atoms with Gasteiger partial charge in [0.05, 0.1) is 10.3 Å². The molecule has 1 fully saturated rings. The van der Waals surface area contributed by atoms with E-state index in [1.807, 2.05) is 20.8 Å². The zero-order chi connectivity index (χ0) is 13.4. The third kappa shape index (κ3) is 2.39. The summed E-state index contributed by atoms with van der Waals surface area (Å²) in [4.78, 5) is 12.2. The van der Waals surface area contributed by atoms with E-state index in [-0.39, 0.29) is 11.7 Å². The van der Waals surface area contributed by atoms with Gasteiger partial charge in [0.15, 0.2) is 0 Å². The second kappa shape index (κ2) is 4.57. The Labute approximate surface area is 111 Å². The number of rotatable bonds is 1. The van der Waals surface area contributed by atoms with Crippen LogP contribution in [0.2, 0.25) is 0 Å². The Kier molecular flexibility index (Phi) is 3.41. The van der Waals surface area contributed by atoms with Gasteiger partial charge in [-0.3, -0.25) is 4.79 Å². The molecule has 0 radical (unpaired) electrons. The molecule has 1 unspecified atom stereocenters. The molecule has 0 aliphatic carbocycles. The lowest BCUT2D eigenvalue weighted by Gasteiger charge is -2.31. The Morgan fingerprint density at radius 3 is 2.61 bits per heavy atom. The van der Waals surface area contributed by atoms with Crippen molar-refractivity contribution in [1.82, 2.24) is 5.32 Å². The molecule has 4 heteroatoms. The molecule has 0 spiro atoms. The maximum Gasteiger partial charge on any atom is 0.236 e. The zero-order valence-electron chi connectivity index (χ0n) is 10.9. The van der Waals surface area contributed by atoms with E-state index in [9.17, 15) is 9.18 Å². The van der Waals surface area contributed by atoms with Crippen molar-refractivity contribution in [1.29, 1.82) is 0 Å². The van der Waals surface area contributed by atoms with Gasteiger partial charge in [-0.15, -0.1) is 11.8 Å². The van der Waals surface area contributed by atoms with Gasteiger partial charge in [-0.05, 0) is 39.0 Å². The summed E-state index contributed by atoms with van der Waals surface area (Å²) in [6.45, 7) is 5.70. The first-order valence-corrected chi connectivity index (χ1v) is 7.05. The van der Waals surface area contributed by atoms with Gasteiger partial charge in [-0.2, -0.15) is 0 Å². The Balaban J connectivity index is 2.38. The molecule has 18 heavy (non-hydrogen) atoms. The Morgan fingerprint density at radius 1 is 1.28 bits per heavy atom. The second-order valence-corrected chi connectivity index (χ2v) is 7.09. The number of thioether (sulfide) groups is 1. The topological polar surface area (TPSA) is 29.1 Å². The molecule has 1 aromatic rings.